The molecule has 1 heterocycles. The Labute approximate surface area is 130 Å². The molecule has 1 aromatic heterocycles. The number of phenolic OH excluding ortho intramolecular Hbond substituents is 1. The number of carboxylic acid groups (broad SMARTS) is 1. The van der Waals surface area contributed by atoms with Gasteiger partial charge in [0, 0.05) is 6.07 Å². The van der Waals surface area contributed by atoms with Crippen molar-refractivity contribution in [1.29, 1.82) is 0 Å². The van der Waals surface area contributed by atoms with Crippen molar-refractivity contribution in [2.24, 2.45) is 0 Å². The van der Waals surface area contributed by atoms with Gasteiger partial charge in [-0.05, 0) is 43.3 Å². The number of carbonyl (C=O) groups is 1. The summed E-state index contributed by atoms with van der Waals surface area (Å²) < 4.78 is 11.1. The van der Waals surface area contributed by atoms with Crippen LogP contribution in [0, 0.1) is 6.92 Å². The van der Waals surface area contributed by atoms with Crippen LogP contribution >= 0.6 is 0 Å². The number of ether oxygens (including phenoxy) is 1. The van der Waals surface area contributed by atoms with Gasteiger partial charge in [0.15, 0.2) is 0 Å². The van der Waals surface area contributed by atoms with Crippen LogP contribution in [0.15, 0.2) is 51.7 Å². The van der Waals surface area contributed by atoms with E-state index in [2.05, 4.69) is 0 Å². The lowest BCUT2D eigenvalue weighted by molar-refractivity contribution is 0.0697. The first-order valence-corrected chi connectivity index (χ1v) is 6.73. The number of rotatable bonds is 3. The molecule has 0 saturated heterocycles. The molecule has 6 nitrogen and oxygen atoms in total. The van der Waals surface area contributed by atoms with Crippen LogP contribution in [0.1, 0.15) is 16.1 Å². The van der Waals surface area contributed by atoms with Crippen LogP contribution in [0.5, 0.6) is 17.2 Å². The molecule has 0 bridgehead atoms. The molecule has 6 heteroatoms. The van der Waals surface area contributed by atoms with Crippen LogP contribution in [-0.2, 0) is 0 Å². The molecule has 0 aliphatic rings. The number of hydrogen-bond acceptors (Lipinski definition) is 5. The molecule has 0 radical (unpaired) electrons. The highest BCUT2D eigenvalue weighted by molar-refractivity contribution is 5.87. The molecule has 2 N–H and O–H groups in total. The number of aromatic carboxylic acids is 1. The molecule has 0 amide bonds. The van der Waals surface area contributed by atoms with E-state index in [-0.39, 0.29) is 39.2 Å². The monoisotopic (exact) mass is 312 g/mol. The normalized spacial score (nSPS) is 10.7. The lowest BCUT2D eigenvalue weighted by Crippen LogP contribution is -2.07. The SMILES string of the molecule is Cc1oc2cc(O)ccc2c(=O)c1Oc1ccc(C(=O)O)cc1. The quantitative estimate of drug-likeness (QED) is 0.770. The first kappa shape index (κ1) is 14.6. The molecular weight excluding hydrogens is 300 g/mol. The Morgan fingerprint density at radius 1 is 1.13 bits per heavy atom. The van der Waals surface area contributed by atoms with E-state index in [9.17, 15) is 14.7 Å². The predicted octanol–water partition coefficient (Wildman–Crippen LogP) is 3.30. The molecule has 0 aliphatic carbocycles. The van der Waals surface area contributed by atoms with Gasteiger partial charge in [0.05, 0.1) is 10.9 Å². The van der Waals surface area contributed by atoms with Gasteiger partial charge in [0.25, 0.3) is 0 Å². The van der Waals surface area contributed by atoms with E-state index in [1.54, 1.807) is 6.92 Å². The van der Waals surface area contributed by atoms with Crippen molar-refractivity contribution in [2.45, 2.75) is 6.92 Å². The maximum atomic E-state index is 12.5. The van der Waals surface area contributed by atoms with Gasteiger partial charge in [0.1, 0.15) is 22.8 Å². The van der Waals surface area contributed by atoms with E-state index >= 15 is 0 Å². The minimum Gasteiger partial charge on any atom is -0.508 e. The zero-order valence-corrected chi connectivity index (χ0v) is 12.1. The number of aromatic hydroxyl groups is 1. The number of benzene rings is 2. The maximum Gasteiger partial charge on any atom is 0.335 e. The van der Waals surface area contributed by atoms with Gasteiger partial charge in [-0.25, -0.2) is 4.79 Å². The van der Waals surface area contributed by atoms with Crippen LogP contribution in [0.4, 0.5) is 0 Å². The Morgan fingerprint density at radius 3 is 2.48 bits per heavy atom. The van der Waals surface area contributed by atoms with Gasteiger partial charge in [-0.3, -0.25) is 4.79 Å². The predicted molar refractivity (Wildman–Crippen MR) is 82.4 cm³/mol. The van der Waals surface area contributed by atoms with Gasteiger partial charge in [-0.15, -0.1) is 0 Å². The van der Waals surface area contributed by atoms with E-state index in [1.807, 2.05) is 0 Å². The van der Waals surface area contributed by atoms with E-state index < -0.39 is 5.97 Å². The zero-order valence-electron chi connectivity index (χ0n) is 12.1. The van der Waals surface area contributed by atoms with Crippen molar-refractivity contribution < 1.29 is 24.2 Å². The first-order chi connectivity index (χ1) is 11.0. The molecule has 0 saturated carbocycles. The van der Waals surface area contributed by atoms with Crippen molar-refractivity contribution in [3.8, 4) is 17.2 Å². The second kappa shape index (κ2) is 5.49. The summed E-state index contributed by atoms with van der Waals surface area (Å²) in [6.07, 6.45) is 0. The van der Waals surface area contributed by atoms with Crippen molar-refractivity contribution in [2.75, 3.05) is 0 Å². The van der Waals surface area contributed by atoms with Gasteiger partial charge in [0.2, 0.25) is 11.2 Å². The maximum absolute atomic E-state index is 12.5. The van der Waals surface area contributed by atoms with Crippen molar-refractivity contribution in [3.05, 3.63) is 64.0 Å². The Bertz CT molecular complexity index is 953. The summed E-state index contributed by atoms with van der Waals surface area (Å²) in [6.45, 7) is 1.58. The summed E-state index contributed by atoms with van der Waals surface area (Å²) in [5, 5.41) is 18.6. The third-order valence-electron chi connectivity index (χ3n) is 3.32. The minimum absolute atomic E-state index is 0.00187. The summed E-state index contributed by atoms with van der Waals surface area (Å²) in [5.74, 6) is -0.444. The van der Waals surface area contributed by atoms with Crippen LogP contribution < -0.4 is 10.2 Å². The summed E-state index contributed by atoms with van der Waals surface area (Å²) in [5.41, 5.74) is 0.0160. The standard InChI is InChI=1S/C17H12O6/c1-9-16(23-12-5-2-10(3-6-12)17(20)21)15(19)13-7-4-11(18)8-14(13)22-9/h2-8,18H,1H3,(H,20,21). The summed E-state index contributed by atoms with van der Waals surface area (Å²) >= 11 is 0. The fourth-order valence-corrected chi connectivity index (χ4v) is 2.18. The van der Waals surface area contributed by atoms with E-state index in [4.69, 9.17) is 14.3 Å². The molecule has 0 aliphatic heterocycles. The average molecular weight is 312 g/mol. The number of carboxylic acids is 1. The van der Waals surface area contributed by atoms with Gasteiger partial charge >= 0.3 is 5.97 Å². The third kappa shape index (κ3) is 2.74. The number of fused-ring (bicyclic) bond motifs is 1. The summed E-state index contributed by atoms with van der Waals surface area (Å²) in [7, 11) is 0. The lowest BCUT2D eigenvalue weighted by Gasteiger charge is -2.09. The molecule has 0 spiro atoms. The molecular formula is C17H12O6. The Morgan fingerprint density at radius 2 is 1.83 bits per heavy atom. The van der Waals surface area contributed by atoms with Crippen LogP contribution in [0.25, 0.3) is 11.0 Å². The van der Waals surface area contributed by atoms with Gasteiger partial charge in [-0.1, -0.05) is 0 Å². The fraction of sp³-hybridized carbons (Fsp3) is 0.0588. The summed E-state index contributed by atoms with van der Waals surface area (Å²) in [4.78, 5) is 23.3. The molecule has 2 aromatic carbocycles. The van der Waals surface area contributed by atoms with Crippen molar-refractivity contribution >= 4 is 16.9 Å². The van der Waals surface area contributed by atoms with Crippen LogP contribution in [0.3, 0.4) is 0 Å². The van der Waals surface area contributed by atoms with E-state index in [0.717, 1.165) is 0 Å². The topological polar surface area (TPSA) is 97.0 Å². The fourth-order valence-electron chi connectivity index (χ4n) is 2.18. The second-order valence-electron chi connectivity index (χ2n) is 4.93. The van der Waals surface area contributed by atoms with E-state index in [0.29, 0.717) is 5.75 Å². The highest BCUT2D eigenvalue weighted by Crippen LogP contribution is 2.27. The molecule has 3 aromatic rings. The zero-order chi connectivity index (χ0) is 16.6. The van der Waals surface area contributed by atoms with Crippen molar-refractivity contribution in [3.63, 3.8) is 0 Å². The average Bonchev–Trinajstić information content (AvgIpc) is 2.51. The molecule has 3 rings (SSSR count). The van der Waals surface area contributed by atoms with E-state index in [1.165, 1.54) is 42.5 Å². The minimum atomic E-state index is -1.04. The Balaban J connectivity index is 2.04. The Kier molecular flexibility index (Phi) is 3.50. The molecule has 0 unspecified atom stereocenters. The van der Waals surface area contributed by atoms with Crippen molar-refractivity contribution in [1.82, 2.24) is 0 Å². The summed E-state index contributed by atoms with van der Waals surface area (Å²) in [6, 6.07) is 9.89. The molecule has 0 fully saturated rings. The lowest BCUT2D eigenvalue weighted by atomic mass is 10.2. The highest BCUT2D eigenvalue weighted by Gasteiger charge is 2.14. The van der Waals surface area contributed by atoms with Gasteiger partial charge in [-0.2, -0.15) is 0 Å². The van der Waals surface area contributed by atoms with Crippen LogP contribution in [-0.4, -0.2) is 16.2 Å². The molecule has 116 valence electrons. The third-order valence-corrected chi connectivity index (χ3v) is 3.32. The molecule has 0 atom stereocenters. The Hall–Kier alpha value is -3.28. The molecule has 23 heavy (non-hydrogen) atoms. The number of hydrogen-bond donors (Lipinski definition) is 2. The second-order valence-corrected chi connectivity index (χ2v) is 4.93. The number of phenols is 1. The smallest absolute Gasteiger partial charge is 0.335 e. The van der Waals surface area contributed by atoms with Gasteiger partial charge < -0.3 is 19.4 Å². The van der Waals surface area contributed by atoms with Crippen LogP contribution in [0.2, 0.25) is 0 Å². The first-order valence-electron chi connectivity index (χ1n) is 6.73. The highest BCUT2D eigenvalue weighted by atomic mass is 16.5. The number of aryl methyl sites for hydroxylation is 1. The largest absolute Gasteiger partial charge is 0.508 e.